The maximum absolute atomic E-state index is 6.37. The van der Waals surface area contributed by atoms with Gasteiger partial charge in [0, 0.05) is 21.7 Å². The SMILES string of the molecule is Cc1ccc2nc(Cl)c3c4ccccc4[nH]c3c2c1. The zero-order valence-electron chi connectivity index (χ0n) is 10.4. The van der Waals surface area contributed by atoms with Gasteiger partial charge in [0.1, 0.15) is 5.15 Å². The Balaban J connectivity index is 2.35. The number of nitrogens with zero attached hydrogens (tertiary/aromatic N) is 1. The van der Waals surface area contributed by atoms with Crippen molar-refractivity contribution in [3.05, 3.63) is 53.2 Å². The van der Waals surface area contributed by atoms with Crippen LogP contribution in [0.3, 0.4) is 0 Å². The summed E-state index contributed by atoms with van der Waals surface area (Å²) in [5.41, 5.74) is 4.31. The second-order valence-electron chi connectivity index (χ2n) is 4.84. The van der Waals surface area contributed by atoms with Gasteiger partial charge in [0.25, 0.3) is 0 Å². The number of hydrogen-bond donors (Lipinski definition) is 1. The van der Waals surface area contributed by atoms with Crippen LogP contribution >= 0.6 is 11.6 Å². The van der Waals surface area contributed by atoms with Crippen LogP contribution in [0.25, 0.3) is 32.7 Å². The summed E-state index contributed by atoms with van der Waals surface area (Å²) in [4.78, 5) is 7.98. The van der Waals surface area contributed by atoms with E-state index in [2.05, 4.69) is 41.2 Å². The number of aromatic nitrogens is 2. The van der Waals surface area contributed by atoms with Crippen LogP contribution in [0.4, 0.5) is 0 Å². The Morgan fingerprint density at radius 1 is 1.05 bits per heavy atom. The third-order valence-corrected chi connectivity index (χ3v) is 3.83. The van der Waals surface area contributed by atoms with Crippen LogP contribution in [-0.4, -0.2) is 9.97 Å². The lowest BCUT2D eigenvalue weighted by atomic mass is 10.1. The maximum Gasteiger partial charge on any atom is 0.139 e. The molecule has 2 heterocycles. The highest BCUT2D eigenvalue weighted by Gasteiger charge is 2.12. The van der Waals surface area contributed by atoms with Gasteiger partial charge in [0.2, 0.25) is 0 Å². The third kappa shape index (κ3) is 1.47. The van der Waals surface area contributed by atoms with E-state index in [1.807, 2.05) is 18.2 Å². The molecular weight excluding hydrogens is 256 g/mol. The van der Waals surface area contributed by atoms with Gasteiger partial charge in [0.15, 0.2) is 0 Å². The molecule has 0 spiro atoms. The van der Waals surface area contributed by atoms with Crippen LogP contribution in [0, 0.1) is 6.92 Å². The normalized spacial score (nSPS) is 11.7. The second-order valence-corrected chi connectivity index (χ2v) is 5.20. The first kappa shape index (κ1) is 10.8. The molecule has 0 saturated carbocycles. The lowest BCUT2D eigenvalue weighted by Gasteiger charge is -2.02. The van der Waals surface area contributed by atoms with Crippen LogP contribution < -0.4 is 0 Å². The molecular formula is C16H11ClN2. The monoisotopic (exact) mass is 266 g/mol. The molecule has 2 nitrogen and oxygen atoms in total. The number of para-hydroxylation sites is 1. The molecule has 4 rings (SSSR count). The average Bonchev–Trinajstić information content (AvgIpc) is 2.80. The van der Waals surface area contributed by atoms with Crippen molar-refractivity contribution in [1.82, 2.24) is 9.97 Å². The molecule has 2 aromatic heterocycles. The molecule has 0 saturated heterocycles. The maximum atomic E-state index is 6.37. The van der Waals surface area contributed by atoms with E-state index < -0.39 is 0 Å². The van der Waals surface area contributed by atoms with Crippen LogP contribution in [0.15, 0.2) is 42.5 Å². The van der Waals surface area contributed by atoms with Crippen molar-refractivity contribution < 1.29 is 0 Å². The Labute approximate surface area is 115 Å². The highest BCUT2D eigenvalue weighted by molar-refractivity contribution is 6.38. The Kier molecular flexibility index (Phi) is 2.12. The third-order valence-electron chi connectivity index (χ3n) is 3.55. The fraction of sp³-hybridized carbons (Fsp3) is 0.0625. The summed E-state index contributed by atoms with van der Waals surface area (Å²) in [6.45, 7) is 2.09. The smallest absolute Gasteiger partial charge is 0.139 e. The van der Waals surface area contributed by atoms with E-state index in [0.717, 1.165) is 32.7 Å². The van der Waals surface area contributed by atoms with Gasteiger partial charge < -0.3 is 4.98 Å². The van der Waals surface area contributed by atoms with Gasteiger partial charge in [-0.25, -0.2) is 4.98 Å². The molecule has 19 heavy (non-hydrogen) atoms. The van der Waals surface area contributed by atoms with Crippen molar-refractivity contribution in [3.63, 3.8) is 0 Å². The molecule has 92 valence electrons. The number of nitrogens with one attached hydrogen (secondary N) is 1. The van der Waals surface area contributed by atoms with Gasteiger partial charge in [-0.15, -0.1) is 0 Å². The minimum Gasteiger partial charge on any atom is -0.354 e. The molecule has 0 aliphatic heterocycles. The van der Waals surface area contributed by atoms with Crippen LogP contribution in [0.2, 0.25) is 5.15 Å². The number of hydrogen-bond acceptors (Lipinski definition) is 1. The first-order valence-electron chi connectivity index (χ1n) is 6.20. The number of aryl methyl sites for hydroxylation is 1. The number of fused-ring (bicyclic) bond motifs is 5. The van der Waals surface area contributed by atoms with Crippen molar-refractivity contribution in [3.8, 4) is 0 Å². The van der Waals surface area contributed by atoms with Gasteiger partial charge in [0.05, 0.1) is 11.0 Å². The van der Waals surface area contributed by atoms with Crippen molar-refractivity contribution in [2.75, 3.05) is 0 Å². The summed E-state index contributed by atoms with van der Waals surface area (Å²) in [6.07, 6.45) is 0. The van der Waals surface area contributed by atoms with Gasteiger partial charge in [-0.2, -0.15) is 0 Å². The first-order chi connectivity index (χ1) is 9.24. The van der Waals surface area contributed by atoms with E-state index in [9.17, 15) is 0 Å². The number of halogens is 1. The summed E-state index contributed by atoms with van der Waals surface area (Å²) in [5, 5.41) is 3.81. The fourth-order valence-corrected chi connectivity index (χ4v) is 2.95. The fourth-order valence-electron chi connectivity index (χ4n) is 2.67. The second kappa shape index (κ2) is 3.72. The Bertz CT molecular complexity index is 938. The predicted molar refractivity (Wildman–Crippen MR) is 80.9 cm³/mol. The molecule has 0 aliphatic rings. The van der Waals surface area contributed by atoms with E-state index in [1.54, 1.807) is 0 Å². The van der Waals surface area contributed by atoms with Gasteiger partial charge in [-0.05, 0) is 25.1 Å². The Hall–Kier alpha value is -2.06. The standard InChI is InChI=1S/C16H11ClN2/c1-9-6-7-13-11(8-9)15-14(16(17)19-13)10-4-2-3-5-12(10)18-15/h2-8,18H,1H3. The molecule has 0 amide bonds. The summed E-state index contributed by atoms with van der Waals surface area (Å²) < 4.78 is 0. The number of rotatable bonds is 0. The highest BCUT2D eigenvalue weighted by Crippen LogP contribution is 2.34. The number of aromatic amines is 1. The van der Waals surface area contributed by atoms with Crippen molar-refractivity contribution in [1.29, 1.82) is 0 Å². The van der Waals surface area contributed by atoms with Gasteiger partial charge in [-0.1, -0.05) is 41.4 Å². The van der Waals surface area contributed by atoms with Crippen LogP contribution in [0.5, 0.6) is 0 Å². The number of benzene rings is 2. The minimum atomic E-state index is 0.559. The predicted octanol–water partition coefficient (Wildman–Crippen LogP) is 4.83. The van der Waals surface area contributed by atoms with Crippen LogP contribution in [0.1, 0.15) is 5.56 Å². The molecule has 0 unspecified atom stereocenters. The first-order valence-corrected chi connectivity index (χ1v) is 6.58. The average molecular weight is 267 g/mol. The Morgan fingerprint density at radius 2 is 1.89 bits per heavy atom. The molecule has 0 fully saturated rings. The summed E-state index contributed by atoms with van der Waals surface area (Å²) in [6, 6.07) is 14.4. The van der Waals surface area contributed by atoms with Crippen LogP contribution in [-0.2, 0) is 0 Å². The zero-order valence-corrected chi connectivity index (χ0v) is 11.1. The molecule has 0 radical (unpaired) electrons. The molecule has 1 N–H and O–H groups in total. The largest absolute Gasteiger partial charge is 0.354 e. The number of pyridine rings is 1. The molecule has 3 heteroatoms. The van der Waals surface area contributed by atoms with Gasteiger partial charge >= 0.3 is 0 Å². The van der Waals surface area contributed by atoms with Crippen molar-refractivity contribution >= 4 is 44.3 Å². The van der Waals surface area contributed by atoms with E-state index >= 15 is 0 Å². The summed E-state index contributed by atoms with van der Waals surface area (Å²) in [5.74, 6) is 0. The Morgan fingerprint density at radius 3 is 2.79 bits per heavy atom. The highest BCUT2D eigenvalue weighted by atomic mass is 35.5. The van der Waals surface area contributed by atoms with Crippen molar-refractivity contribution in [2.24, 2.45) is 0 Å². The quantitative estimate of drug-likeness (QED) is 0.454. The lowest BCUT2D eigenvalue weighted by Crippen LogP contribution is -1.84. The van der Waals surface area contributed by atoms with E-state index in [0.29, 0.717) is 5.15 Å². The van der Waals surface area contributed by atoms with E-state index in [-0.39, 0.29) is 0 Å². The molecule has 0 atom stereocenters. The lowest BCUT2D eigenvalue weighted by molar-refractivity contribution is 1.42. The molecule has 2 aromatic carbocycles. The number of H-pyrrole nitrogens is 1. The van der Waals surface area contributed by atoms with E-state index in [1.165, 1.54) is 5.56 Å². The minimum absolute atomic E-state index is 0.559. The summed E-state index contributed by atoms with van der Waals surface area (Å²) in [7, 11) is 0. The van der Waals surface area contributed by atoms with Crippen molar-refractivity contribution in [2.45, 2.75) is 6.92 Å². The van der Waals surface area contributed by atoms with E-state index in [4.69, 9.17) is 11.6 Å². The zero-order chi connectivity index (χ0) is 13.0. The van der Waals surface area contributed by atoms with Gasteiger partial charge in [-0.3, -0.25) is 0 Å². The molecule has 0 bridgehead atoms. The molecule has 0 aliphatic carbocycles. The topological polar surface area (TPSA) is 28.7 Å². The summed E-state index contributed by atoms with van der Waals surface area (Å²) >= 11 is 6.37. The molecule has 4 aromatic rings.